The zero-order chi connectivity index (χ0) is 11.0. The molecule has 0 aromatic carbocycles. The number of rotatable bonds is 8. The summed E-state index contributed by atoms with van der Waals surface area (Å²) in [7, 11) is 0. The van der Waals surface area contributed by atoms with Gasteiger partial charge in [-0.15, -0.1) is 0 Å². The first kappa shape index (κ1) is 13.1. The van der Waals surface area contributed by atoms with E-state index in [9.17, 15) is 5.11 Å². The van der Waals surface area contributed by atoms with Gasteiger partial charge in [-0.05, 0) is 5.92 Å². The average Bonchev–Trinajstić information content (AvgIpc) is 2.21. The van der Waals surface area contributed by atoms with Gasteiger partial charge in [-0.3, -0.25) is 5.41 Å². The van der Waals surface area contributed by atoms with Gasteiger partial charge in [-0.25, -0.2) is 5.01 Å². The Balaban J connectivity index is 3.86. The van der Waals surface area contributed by atoms with Crippen LogP contribution >= 0.6 is 0 Å². The summed E-state index contributed by atoms with van der Waals surface area (Å²) in [5.74, 6) is 0.432. The molecule has 0 rings (SSSR count). The van der Waals surface area contributed by atoms with Gasteiger partial charge >= 0.3 is 0 Å². The van der Waals surface area contributed by atoms with Crippen LogP contribution in [0.5, 0.6) is 0 Å². The van der Waals surface area contributed by atoms with Gasteiger partial charge in [0.1, 0.15) is 6.34 Å². The second kappa shape index (κ2) is 7.46. The van der Waals surface area contributed by atoms with Crippen LogP contribution in [0.25, 0.3) is 0 Å². The minimum absolute atomic E-state index is 0.432. The molecule has 5 heteroatoms. The molecular formula is C9H19N3O2. The second-order valence-electron chi connectivity index (χ2n) is 2.99. The number of hydrogen-bond acceptors (Lipinski definition) is 4. The van der Waals surface area contributed by atoms with Crippen molar-refractivity contribution in [3.63, 3.8) is 0 Å². The first-order valence-electron chi connectivity index (χ1n) is 4.74. The van der Waals surface area contributed by atoms with E-state index in [2.05, 4.69) is 25.7 Å². The first-order chi connectivity index (χ1) is 6.69. The lowest BCUT2D eigenvalue weighted by Crippen LogP contribution is -2.32. The third-order valence-electron chi connectivity index (χ3n) is 2.16. The standard InChI is InChI=1S/C9H19N3O2/c1-4-8(5-2)6-14-9(13)12(7-10)11-3/h7-10,13H,3-6H2,1-2H3. The van der Waals surface area contributed by atoms with Crippen molar-refractivity contribution in [1.29, 1.82) is 5.41 Å². The van der Waals surface area contributed by atoms with E-state index < -0.39 is 6.41 Å². The number of aliphatic hydroxyl groups excluding tert-OH is 1. The van der Waals surface area contributed by atoms with Crippen LogP contribution < -0.4 is 0 Å². The Morgan fingerprint density at radius 2 is 2.14 bits per heavy atom. The molecule has 0 radical (unpaired) electrons. The molecule has 0 aromatic heterocycles. The van der Waals surface area contributed by atoms with Gasteiger partial charge in [0, 0.05) is 6.72 Å². The van der Waals surface area contributed by atoms with Crippen molar-refractivity contribution in [2.45, 2.75) is 33.1 Å². The molecule has 0 bridgehead atoms. The zero-order valence-electron chi connectivity index (χ0n) is 8.81. The third-order valence-corrected chi connectivity index (χ3v) is 2.16. The Morgan fingerprint density at radius 3 is 2.50 bits per heavy atom. The van der Waals surface area contributed by atoms with Gasteiger partial charge in [0.05, 0.1) is 6.61 Å². The maximum Gasteiger partial charge on any atom is 0.258 e. The van der Waals surface area contributed by atoms with Gasteiger partial charge in [0.15, 0.2) is 0 Å². The molecule has 0 aromatic rings. The Hall–Kier alpha value is -0.940. The highest BCUT2D eigenvalue weighted by Gasteiger charge is 2.13. The van der Waals surface area contributed by atoms with E-state index in [4.69, 9.17) is 10.1 Å². The van der Waals surface area contributed by atoms with Crippen molar-refractivity contribution in [2.75, 3.05) is 6.61 Å². The van der Waals surface area contributed by atoms with Crippen LogP contribution in [0.1, 0.15) is 26.7 Å². The average molecular weight is 201 g/mol. The van der Waals surface area contributed by atoms with Gasteiger partial charge in [-0.1, -0.05) is 26.7 Å². The molecule has 0 spiro atoms. The monoisotopic (exact) mass is 201 g/mol. The highest BCUT2D eigenvalue weighted by Crippen LogP contribution is 2.09. The summed E-state index contributed by atoms with van der Waals surface area (Å²) in [6.07, 6.45) is 1.68. The molecule has 0 aliphatic carbocycles. The van der Waals surface area contributed by atoms with Gasteiger partial charge in [0.25, 0.3) is 6.41 Å². The van der Waals surface area contributed by atoms with Crippen LogP contribution in [-0.4, -0.2) is 36.2 Å². The van der Waals surface area contributed by atoms with Gasteiger partial charge < -0.3 is 9.84 Å². The molecule has 14 heavy (non-hydrogen) atoms. The number of hydrogen-bond donors (Lipinski definition) is 2. The molecule has 82 valence electrons. The Kier molecular flexibility index (Phi) is 6.96. The summed E-state index contributed by atoms with van der Waals surface area (Å²) < 4.78 is 5.13. The Labute approximate surface area is 84.9 Å². The van der Waals surface area contributed by atoms with E-state index in [1.54, 1.807) is 0 Å². The van der Waals surface area contributed by atoms with Crippen molar-refractivity contribution in [3.8, 4) is 0 Å². The fourth-order valence-corrected chi connectivity index (χ4v) is 0.997. The molecule has 0 amide bonds. The number of nitrogens with zero attached hydrogens (tertiary/aromatic N) is 2. The second-order valence-corrected chi connectivity index (χ2v) is 2.99. The highest BCUT2D eigenvalue weighted by molar-refractivity contribution is 5.51. The summed E-state index contributed by atoms with van der Waals surface area (Å²) in [5.41, 5.74) is 0. The van der Waals surface area contributed by atoms with Crippen LogP contribution in [0.15, 0.2) is 5.10 Å². The summed E-state index contributed by atoms with van der Waals surface area (Å²) in [6, 6.07) is 0. The maximum absolute atomic E-state index is 9.37. The van der Waals surface area contributed by atoms with Crippen LogP contribution in [0.3, 0.4) is 0 Å². The number of aliphatic hydroxyl groups is 1. The molecular weight excluding hydrogens is 182 g/mol. The lowest BCUT2D eigenvalue weighted by atomic mass is 10.1. The summed E-state index contributed by atoms with van der Waals surface area (Å²) >= 11 is 0. The number of ether oxygens (including phenoxy) is 1. The van der Waals surface area contributed by atoms with Gasteiger partial charge in [-0.2, -0.15) is 5.10 Å². The topological polar surface area (TPSA) is 68.9 Å². The predicted molar refractivity (Wildman–Crippen MR) is 56.2 cm³/mol. The van der Waals surface area contributed by atoms with E-state index in [1.165, 1.54) is 0 Å². The molecule has 2 N–H and O–H groups in total. The maximum atomic E-state index is 9.37. The summed E-state index contributed by atoms with van der Waals surface area (Å²) in [4.78, 5) is 0. The predicted octanol–water partition coefficient (Wildman–Crippen LogP) is 1.24. The number of nitrogens with one attached hydrogen (secondary N) is 1. The van der Waals surface area contributed by atoms with E-state index in [0.717, 1.165) is 24.2 Å². The minimum atomic E-state index is -1.20. The first-order valence-corrected chi connectivity index (χ1v) is 4.74. The smallest absolute Gasteiger partial charge is 0.258 e. The molecule has 0 fully saturated rings. The normalized spacial score (nSPS) is 12.6. The van der Waals surface area contributed by atoms with Crippen LogP contribution in [-0.2, 0) is 4.74 Å². The number of hydrazone groups is 1. The third kappa shape index (κ3) is 4.34. The molecule has 1 atom stereocenters. The Morgan fingerprint density at radius 1 is 1.57 bits per heavy atom. The van der Waals surface area contributed by atoms with Crippen LogP contribution in [0, 0.1) is 11.3 Å². The lowest BCUT2D eigenvalue weighted by Gasteiger charge is -2.21. The fraction of sp³-hybridized carbons (Fsp3) is 0.778. The van der Waals surface area contributed by atoms with E-state index in [0.29, 0.717) is 12.5 Å². The van der Waals surface area contributed by atoms with Crippen molar-refractivity contribution in [2.24, 2.45) is 11.0 Å². The van der Waals surface area contributed by atoms with Crippen molar-refractivity contribution < 1.29 is 9.84 Å². The zero-order valence-corrected chi connectivity index (χ0v) is 8.81. The van der Waals surface area contributed by atoms with Crippen LogP contribution in [0.2, 0.25) is 0 Å². The van der Waals surface area contributed by atoms with Crippen molar-refractivity contribution >= 4 is 13.1 Å². The largest absolute Gasteiger partial charge is 0.350 e. The molecule has 0 aliphatic heterocycles. The van der Waals surface area contributed by atoms with Crippen molar-refractivity contribution in [3.05, 3.63) is 0 Å². The molecule has 0 saturated heterocycles. The highest BCUT2D eigenvalue weighted by atomic mass is 16.6. The quantitative estimate of drug-likeness (QED) is 0.269. The molecule has 0 aliphatic rings. The van der Waals surface area contributed by atoms with E-state index in [-0.39, 0.29) is 0 Å². The Bertz CT molecular complexity index is 163. The fourth-order valence-electron chi connectivity index (χ4n) is 0.997. The summed E-state index contributed by atoms with van der Waals surface area (Å²) in [6.45, 7) is 7.82. The molecule has 0 heterocycles. The van der Waals surface area contributed by atoms with E-state index >= 15 is 0 Å². The van der Waals surface area contributed by atoms with Crippen LogP contribution in [0.4, 0.5) is 0 Å². The van der Waals surface area contributed by atoms with Crippen molar-refractivity contribution in [1.82, 2.24) is 5.01 Å². The molecule has 0 saturated carbocycles. The molecule has 5 nitrogen and oxygen atoms in total. The molecule has 1 unspecified atom stereocenters. The minimum Gasteiger partial charge on any atom is -0.350 e. The lowest BCUT2D eigenvalue weighted by molar-refractivity contribution is -0.174. The van der Waals surface area contributed by atoms with Gasteiger partial charge in [0.2, 0.25) is 0 Å². The SMILES string of the molecule is C=NN(C=N)C(O)OCC(CC)CC. The summed E-state index contributed by atoms with van der Waals surface area (Å²) in [5, 5.41) is 20.6. The van der Waals surface area contributed by atoms with E-state index in [1.807, 2.05) is 0 Å².